The summed E-state index contributed by atoms with van der Waals surface area (Å²) in [6.45, 7) is 0. The molecule has 4 rings (SSSR count). The second-order valence-electron chi connectivity index (χ2n) is 5.07. The third-order valence-corrected chi connectivity index (χ3v) is 3.48. The molecule has 3 heterocycles. The number of hydrogen-bond donors (Lipinski definition) is 1. The fraction of sp³-hybridized carbons (Fsp3) is 0. The molecular formula is C17H11FN6O. The van der Waals surface area contributed by atoms with Gasteiger partial charge in [-0.2, -0.15) is 10.1 Å². The van der Waals surface area contributed by atoms with Gasteiger partial charge in [-0.3, -0.25) is 9.97 Å². The number of halogens is 1. The third-order valence-electron chi connectivity index (χ3n) is 3.48. The predicted octanol–water partition coefficient (Wildman–Crippen LogP) is 3.26. The Labute approximate surface area is 141 Å². The van der Waals surface area contributed by atoms with E-state index in [1.165, 1.54) is 12.3 Å². The van der Waals surface area contributed by atoms with Crippen LogP contribution in [0.4, 0.5) is 10.4 Å². The molecule has 0 bridgehead atoms. The highest BCUT2D eigenvalue weighted by atomic mass is 19.1. The molecule has 122 valence electrons. The molecule has 4 aromatic rings. The third kappa shape index (κ3) is 3.05. The Morgan fingerprint density at radius 2 is 1.96 bits per heavy atom. The summed E-state index contributed by atoms with van der Waals surface area (Å²) in [5, 5.41) is 8.35. The van der Waals surface area contributed by atoms with Gasteiger partial charge in [-0.1, -0.05) is 5.16 Å². The van der Waals surface area contributed by atoms with E-state index in [0.29, 0.717) is 22.3 Å². The lowest BCUT2D eigenvalue weighted by atomic mass is 10.1. The molecule has 25 heavy (non-hydrogen) atoms. The summed E-state index contributed by atoms with van der Waals surface area (Å²) < 4.78 is 18.9. The fourth-order valence-corrected chi connectivity index (χ4v) is 2.31. The highest BCUT2D eigenvalue weighted by Crippen LogP contribution is 2.19. The topological polar surface area (TPSA) is 89.1 Å². The fourth-order valence-electron chi connectivity index (χ4n) is 2.31. The second-order valence-corrected chi connectivity index (χ2v) is 5.07. The SMILES string of the molecule is Fc1ccc(/C=N/Nc2nc(-c3ccncc3)no2)c2ncccc12. The zero-order chi connectivity index (χ0) is 17.1. The van der Waals surface area contributed by atoms with Crippen molar-refractivity contribution < 1.29 is 8.91 Å². The van der Waals surface area contributed by atoms with E-state index in [-0.39, 0.29) is 11.8 Å². The Balaban J connectivity index is 1.54. The van der Waals surface area contributed by atoms with Gasteiger partial charge in [0.15, 0.2) is 0 Å². The van der Waals surface area contributed by atoms with Crippen molar-refractivity contribution in [1.29, 1.82) is 0 Å². The Kier molecular flexibility index (Phi) is 3.83. The van der Waals surface area contributed by atoms with Crippen LogP contribution in [0, 0.1) is 5.82 Å². The van der Waals surface area contributed by atoms with Gasteiger partial charge < -0.3 is 4.52 Å². The highest BCUT2D eigenvalue weighted by Gasteiger charge is 2.08. The molecule has 0 amide bonds. The molecule has 3 aromatic heterocycles. The van der Waals surface area contributed by atoms with Crippen LogP contribution in [0.2, 0.25) is 0 Å². The van der Waals surface area contributed by atoms with Crippen LogP contribution in [0.1, 0.15) is 5.56 Å². The number of hydrogen-bond acceptors (Lipinski definition) is 7. The smallest absolute Gasteiger partial charge is 0.313 e. The quantitative estimate of drug-likeness (QED) is 0.455. The average molecular weight is 334 g/mol. The van der Waals surface area contributed by atoms with Gasteiger partial charge in [0, 0.05) is 35.1 Å². The summed E-state index contributed by atoms with van der Waals surface area (Å²) in [4.78, 5) is 12.3. The molecule has 7 nitrogen and oxygen atoms in total. The van der Waals surface area contributed by atoms with Crippen LogP contribution in [-0.2, 0) is 0 Å². The van der Waals surface area contributed by atoms with Crippen LogP contribution >= 0.6 is 0 Å². The molecule has 0 aliphatic heterocycles. The van der Waals surface area contributed by atoms with E-state index in [4.69, 9.17) is 4.52 Å². The molecule has 0 aliphatic carbocycles. The van der Waals surface area contributed by atoms with Gasteiger partial charge in [0.05, 0.1) is 11.7 Å². The summed E-state index contributed by atoms with van der Waals surface area (Å²) in [5.41, 5.74) is 4.63. The number of pyridine rings is 2. The zero-order valence-electron chi connectivity index (χ0n) is 12.8. The minimum atomic E-state index is -0.327. The Morgan fingerprint density at radius 3 is 2.84 bits per heavy atom. The molecule has 0 unspecified atom stereocenters. The van der Waals surface area contributed by atoms with Crippen molar-refractivity contribution in [2.24, 2.45) is 5.10 Å². The highest BCUT2D eigenvalue weighted by molar-refractivity contribution is 5.97. The molecule has 0 aliphatic rings. The lowest BCUT2D eigenvalue weighted by molar-refractivity contribution is 0.433. The van der Waals surface area contributed by atoms with Crippen molar-refractivity contribution in [2.45, 2.75) is 0 Å². The van der Waals surface area contributed by atoms with E-state index in [0.717, 1.165) is 5.56 Å². The molecular weight excluding hydrogens is 323 g/mol. The van der Waals surface area contributed by atoms with Crippen molar-refractivity contribution in [2.75, 3.05) is 5.43 Å². The molecule has 0 spiro atoms. The number of aromatic nitrogens is 4. The number of benzene rings is 1. The summed E-state index contributed by atoms with van der Waals surface area (Å²) in [6.07, 6.45) is 6.41. The van der Waals surface area contributed by atoms with Crippen molar-refractivity contribution in [3.63, 3.8) is 0 Å². The van der Waals surface area contributed by atoms with Crippen LogP contribution < -0.4 is 5.43 Å². The van der Waals surface area contributed by atoms with E-state index in [1.807, 2.05) is 0 Å². The number of anilines is 1. The Hall–Kier alpha value is -3.68. The van der Waals surface area contributed by atoms with E-state index in [9.17, 15) is 4.39 Å². The van der Waals surface area contributed by atoms with Crippen LogP contribution in [0.5, 0.6) is 0 Å². The number of nitrogens with zero attached hydrogens (tertiary/aromatic N) is 5. The minimum absolute atomic E-state index is 0.141. The molecule has 0 atom stereocenters. The Bertz CT molecular complexity index is 1050. The van der Waals surface area contributed by atoms with Crippen LogP contribution in [0.15, 0.2) is 64.6 Å². The van der Waals surface area contributed by atoms with Crippen LogP contribution in [-0.4, -0.2) is 26.3 Å². The first-order valence-corrected chi connectivity index (χ1v) is 7.38. The maximum Gasteiger partial charge on any atom is 0.342 e. The van der Waals surface area contributed by atoms with Gasteiger partial charge in [0.2, 0.25) is 5.82 Å². The molecule has 0 saturated carbocycles. The van der Waals surface area contributed by atoms with Crippen LogP contribution in [0.3, 0.4) is 0 Å². The van der Waals surface area contributed by atoms with Crippen molar-refractivity contribution in [1.82, 2.24) is 20.1 Å². The number of nitrogens with one attached hydrogen (secondary N) is 1. The molecule has 0 radical (unpaired) electrons. The van der Waals surface area contributed by atoms with Gasteiger partial charge in [0.1, 0.15) is 5.82 Å². The summed E-state index contributed by atoms with van der Waals surface area (Å²) >= 11 is 0. The van der Waals surface area contributed by atoms with Crippen LogP contribution in [0.25, 0.3) is 22.3 Å². The lowest BCUT2D eigenvalue weighted by Gasteiger charge is -2.01. The summed E-state index contributed by atoms with van der Waals surface area (Å²) in [7, 11) is 0. The molecule has 8 heteroatoms. The lowest BCUT2D eigenvalue weighted by Crippen LogP contribution is -1.94. The maximum atomic E-state index is 13.8. The van der Waals surface area contributed by atoms with Gasteiger partial charge >= 0.3 is 6.01 Å². The van der Waals surface area contributed by atoms with E-state index < -0.39 is 0 Å². The summed E-state index contributed by atoms with van der Waals surface area (Å²) in [5.74, 6) is 0.0982. The standard InChI is InChI=1S/C17H11FN6O/c18-14-4-3-12(15-13(14)2-1-7-20-15)10-21-23-17-22-16(24-25-17)11-5-8-19-9-6-11/h1-10H,(H,22,23,24)/b21-10+. The van der Waals surface area contributed by atoms with Crippen molar-refractivity contribution in [3.8, 4) is 11.4 Å². The van der Waals surface area contributed by atoms with Crippen molar-refractivity contribution >= 4 is 23.1 Å². The molecule has 1 aromatic carbocycles. The van der Waals surface area contributed by atoms with Gasteiger partial charge in [-0.15, -0.1) is 0 Å². The zero-order valence-corrected chi connectivity index (χ0v) is 12.8. The molecule has 0 saturated heterocycles. The van der Waals surface area contributed by atoms with E-state index in [2.05, 4.69) is 30.6 Å². The monoisotopic (exact) mass is 334 g/mol. The van der Waals surface area contributed by atoms with E-state index >= 15 is 0 Å². The van der Waals surface area contributed by atoms with Gasteiger partial charge in [-0.25, -0.2) is 9.82 Å². The molecule has 1 N–H and O–H groups in total. The number of hydrazone groups is 1. The first-order valence-electron chi connectivity index (χ1n) is 7.38. The average Bonchev–Trinajstić information content (AvgIpc) is 3.14. The molecule has 0 fully saturated rings. The normalized spacial score (nSPS) is 11.2. The van der Waals surface area contributed by atoms with Gasteiger partial charge in [0.25, 0.3) is 0 Å². The Morgan fingerprint density at radius 1 is 1.08 bits per heavy atom. The summed E-state index contributed by atoms with van der Waals surface area (Å²) in [6, 6.07) is 10.0. The number of fused-ring (bicyclic) bond motifs is 1. The first kappa shape index (κ1) is 14.9. The van der Waals surface area contributed by atoms with E-state index in [1.54, 1.807) is 48.9 Å². The first-order chi connectivity index (χ1) is 12.3. The second kappa shape index (κ2) is 6.44. The largest absolute Gasteiger partial charge is 0.342 e. The minimum Gasteiger partial charge on any atom is -0.313 e. The predicted molar refractivity (Wildman–Crippen MR) is 90.4 cm³/mol. The number of rotatable bonds is 4. The van der Waals surface area contributed by atoms with Crippen molar-refractivity contribution in [3.05, 3.63) is 66.4 Å². The maximum absolute atomic E-state index is 13.8. The van der Waals surface area contributed by atoms with Gasteiger partial charge in [-0.05, 0) is 36.4 Å².